The number of hydrogen-bond donors (Lipinski definition) is 0. The van der Waals surface area contributed by atoms with Crippen LogP contribution >= 0.6 is 0 Å². The molecule has 0 bridgehead atoms. The van der Waals surface area contributed by atoms with Gasteiger partial charge in [0.2, 0.25) is 9.84 Å². The second kappa shape index (κ2) is 8.60. The number of aromatic carboxylic acids is 2. The summed E-state index contributed by atoms with van der Waals surface area (Å²) in [6.07, 6.45) is 0. The van der Waals surface area contributed by atoms with Crippen LogP contribution in [0, 0.1) is 0 Å². The van der Waals surface area contributed by atoms with E-state index in [-0.39, 0.29) is 65.7 Å². The Morgan fingerprint density at radius 3 is 1.13 bits per heavy atom. The molecular weight excluding hydrogens is 512 g/mol. The van der Waals surface area contributed by atoms with Crippen molar-refractivity contribution in [2.45, 2.75) is 9.79 Å². The SMILES string of the molecule is O=C([O-])c1ccc(S(=O)(=O)c2ccc(C(=O)[O-])cc2)cc1.[Ag+].[Ag+]. The molecule has 0 unspecified atom stereocenters. The molecule has 0 N–H and O–H groups in total. The molecule has 2 rings (SSSR count). The minimum absolute atomic E-state index is 0. The summed E-state index contributed by atoms with van der Waals surface area (Å²) in [5, 5.41) is 21.2. The molecule has 2 aromatic rings. The van der Waals surface area contributed by atoms with Gasteiger partial charge in [-0.05, 0) is 35.4 Å². The van der Waals surface area contributed by atoms with E-state index >= 15 is 0 Å². The van der Waals surface area contributed by atoms with Crippen LogP contribution in [0.1, 0.15) is 20.7 Å². The molecule has 0 heterocycles. The van der Waals surface area contributed by atoms with Crippen LogP contribution in [0.2, 0.25) is 0 Å². The van der Waals surface area contributed by atoms with E-state index in [1.807, 2.05) is 0 Å². The van der Waals surface area contributed by atoms with Gasteiger partial charge < -0.3 is 19.8 Å². The maximum absolute atomic E-state index is 12.3. The Balaban J connectivity index is 0.00000242. The zero-order valence-electron chi connectivity index (χ0n) is 11.1. The van der Waals surface area contributed by atoms with Crippen molar-refractivity contribution in [3.63, 3.8) is 0 Å². The Kier molecular flexibility index (Phi) is 8.16. The van der Waals surface area contributed by atoms with E-state index < -0.39 is 21.8 Å². The van der Waals surface area contributed by atoms with Gasteiger partial charge in [0.05, 0.1) is 21.7 Å². The largest absolute Gasteiger partial charge is 1.00 e. The fourth-order valence-corrected chi connectivity index (χ4v) is 2.94. The van der Waals surface area contributed by atoms with Crippen molar-refractivity contribution in [2.24, 2.45) is 0 Å². The predicted molar refractivity (Wildman–Crippen MR) is 67.0 cm³/mol. The fraction of sp³-hybridized carbons (Fsp3) is 0. The quantitative estimate of drug-likeness (QED) is 0.491. The van der Waals surface area contributed by atoms with Gasteiger partial charge in [-0.25, -0.2) is 8.42 Å². The average Bonchev–Trinajstić information content (AvgIpc) is 2.47. The van der Waals surface area contributed by atoms with Crippen LogP contribution < -0.4 is 10.2 Å². The number of benzene rings is 2. The van der Waals surface area contributed by atoms with Gasteiger partial charge in [0.25, 0.3) is 0 Å². The van der Waals surface area contributed by atoms with E-state index in [2.05, 4.69) is 0 Å². The third kappa shape index (κ3) is 4.89. The van der Waals surface area contributed by atoms with Gasteiger partial charge in [-0.15, -0.1) is 0 Å². The summed E-state index contributed by atoms with van der Waals surface area (Å²) in [6, 6.07) is 9.07. The summed E-state index contributed by atoms with van der Waals surface area (Å²) >= 11 is 0. The number of rotatable bonds is 4. The van der Waals surface area contributed by atoms with Crippen molar-refractivity contribution < 1.29 is 73.0 Å². The maximum atomic E-state index is 12.3. The molecule has 6 nitrogen and oxygen atoms in total. The fourth-order valence-electron chi connectivity index (χ4n) is 1.68. The van der Waals surface area contributed by atoms with Crippen molar-refractivity contribution in [3.05, 3.63) is 59.7 Å². The topological polar surface area (TPSA) is 114 Å². The Hall–Kier alpha value is -1.19. The second-order valence-electron chi connectivity index (χ2n) is 4.13. The minimum Gasteiger partial charge on any atom is -0.545 e. The van der Waals surface area contributed by atoms with E-state index in [4.69, 9.17) is 0 Å². The Morgan fingerprint density at radius 2 is 0.913 bits per heavy atom. The minimum atomic E-state index is -3.85. The van der Waals surface area contributed by atoms with Crippen molar-refractivity contribution in [1.29, 1.82) is 0 Å². The zero-order chi connectivity index (χ0) is 15.6. The normalized spacial score (nSPS) is 10.1. The molecule has 23 heavy (non-hydrogen) atoms. The number of carbonyl (C=O) groups is 2. The molecule has 0 atom stereocenters. The molecule has 0 aliphatic carbocycles. The summed E-state index contributed by atoms with van der Waals surface area (Å²) < 4.78 is 24.5. The number of sulfone groups is 1. The monoisotopic (exact) mass is 518 g/mol. The van der Waals surface area contributed by atoms with Crippen molar-refractivity contribution in [1.82, 2.24) is 0 Å². The molecular formula is C14H8Ag2O6S. The molecule has 0 aliphatic heterocycles. The second-order valence-corrected chi connectivity index (χ2v) is 6.08. The van der Waals surface area contributed by atoms with E-state index in [1.54, 1.807) is 0 Å². The van der Waals surface area contributed by atoms with Gasteiger partial charge in [-0.1, -0.05) is 24.3 Å². The van der Waals surface area contributed by atoms with Gasteiger partial charge in [0, 0.05) is 0 Å². The van der Waals surface area contributed by atoms with Gasteiger partial charge in [-0.3, -0.25) is 0 Å². The Morgan fingerprint density at radius 1 is 0.652 bits per heavy atom. The number of carboxylic acid groups (broad SMARTS) is 2. The first-order chi connectivity index (χ1) is 9.82. The third-order valence-electron chi connectivity index (χ3n) is 2.80. The molecule has 0 amide bonds. The number of carbonyl (C=O) groups excluding carboxylic acids is 2. The summed E-state index contributed by atoms with van der Waals surface area (Å²) in [5.74, 6) is -2.81. The standard InChI is InChI=1S/C14H10O6S.2Ag/c15-13(16)9-1-5-11(6-2-9)21(19,20)12-7-3-10(4-8-12)14(17)18;;/h1-8H,(H,15,16)(H,17,18);;/q;2*+1/p-2. The van der Waals surface area contributed by atoms with Gasteiger partial charge in [0.15, 0.2) is 0 Å². The van der Waals surface area contributed by atoms with E-state index in [1.165, 1.54) is 0 Å². The summed E-state index contributed by atoms with van der Waals surface area (Å²) in [4.78, 5) is 21.0. The molecule has 0 aromatic heterocycles. The van der Waals surface area contributed by atoms with Crippen LogP contribution in [-0.4, -0.2) is 20.4 Å². The van der Waals surface area contributed by atoms with E-state index in [0.29, 0.717) is 0 Å². The summed E-state index contributed by atoms with van der Waals surface area (Å²) in [5.41, 5.74) is -0.275. The molecule has 9 heteroatoms. The van der Waals surface area contributed by atoms with Crippen LogP contribution in [-0.2, 0) is 54.6 Å². The average molecular weight is 520 g/mol. The first-order valence-electron chi connectivity index (χ1n) is 5.70. The van der Waals surface area contributed by atoms with E-state index in [9.17, 15) is 28.2 Å². The molecule has 0 radical (unpaired) electrons. The molecule has 0 fully saturated rings. The van der Waals surface area contributed by atoms with Crippen molar-refractivity contribution >= 4 is 21.8 Å². The van der Waals surface area contributed by atoms with Gasteiger partial charge >= 0.3 is 44.8 Å². The first kappa shape index (κ1) is 21.8. The summed E-state index contributed by atoms with van der Waals surface area (Å²) in [7, 11) is -3.85. The molecule has 2 aromatic carbocycles. The Labute approximate surface area is 163 Å². The smallest absolute Gasteiger partial charge is 0.545 e. The van der Waals surface area contributed by atoms with Gasteiger partial charge in [0.1, 0.15) is 0 Å². The molecule has 0 saturated heterocycles. The third-order valence-corrected chi connectivity index (χ3v) is 4.59. The van der Waals surface area contributed by atoms with Crippen LogP contribution in [0.5, 0.6) is 0 Å². The number of hydrogen-bond acceptors (Lipinski definition) is 6. The van der Waals surface area contributed by atoms with Crippen LogP contribution in [0.4, 0.5) is 0 Å². The maximum Gasteiger partial charge on any atom is 1.00 e. The van der Waals surface area contributed by atoms with Crippen LogP contribution in [0.3, 0.4) is 0 Å². The molecule has 0 spiro atoms. The van der Waals surface area contributed by atoms with Crippen LogP contribution in [0.25, 0.3) is 0 Å². The van der Waals surface area contributed by atoms with E-state index in [0.717, 1.165) is 48.5 Å². The van der Waals surface area contributed by atoms with Crippen molar-refractivity contribution in [3.8, 4) is 0 Å². The molecule has 0 saturated carbocycles. The van der Waals surface area contributed by atoms with Crippen LogP contribution in [0.15, 0.2) is 58.3 Å². The van der Waals surface area contributed by atoms with Crippen molar-refractivity contribution in [2.75, 3.05) is 0 Å². The molecule has 0 aliphatic rings. The first-order valence-corrected chi connectivity index (χ1v) is 7.18. The summed E-state index contributed by atoms with van der Waals surface area (Å²) in [6.45, 7) is 0. The Bertz CT molecular complexity index is 735. The predicted octanol–water partition coefficient (Wildman–Crippen LogP) is -0.759. The zero-order valence-corrected chi connectivity index (χ0v) is 14.9. The number of carboxylic acids is 2. The molecule has 128 valence electrons. The van der Waals surface area contributed by atoms with Gasteiger partial charge in [-0.2, -0.15) is 0 Å².